The van der Waals surface area contributed by atoms with Gasteiger partial charge in [0.15, 0.2) is 5.78 Å². The van der Waals surface area contributed by atoms with Gasteiger partial charge in [0.05, 0.1) is 6.04 Å². The second kappa shape index (κ2) is 7.57. The Labute approximate surface area is 125 Å². The molecule has 5 heteroatoms. The maximum Gasteiger partial charge on any atom is 0.251 e. The number of hydrogen-bond acceptors (Lipinski definition) is 3. The zero-order valence-electron chi connectivity index (χ0n) is 12.9. The molecule has 0 aliphatic carbocycles. The Kier molecular flexibility index (Phi) is 6.09. The molecule has 0 saturated carbocycles. The smallest absolute Gasteiger partial charge is 0.251 e. The summed E-state index contributed by atoms with van der Waals surface area (Å²) in [5.74, 6) is -0.530. The maximum atomic E-state index is 12.1. The standard InChI is InChI=1S/C16H22N2O3/c1-5-17-15(20)12-6-8-13(9-7-12)16(21)18-14(10(2)3)11(4)19/h6-10,14H,5H2,1-4H3,(H,17,20)(H,18,21). The van der Waals surface area contributed by atoms with E-state index in [1.165, 1.54) is 6.92 Å². The fraction of sp³-hybridized carbons (Fsp3) is 0.438. The molecule has 0 radical (unpaired) electrons. The van der Waals surface area contributed by atoms with Gasteiger partial charge in [0.1, 0.15) is 0 Å². The van der Waals surface area contributed by atoms with Gasteiger partial charge in [-0.1, -0.05) is 13.8 Å². The van der Waals surface area contributed by atoms with E-state index in [-0.39, 0.29) is 23.5 Å². The highest BCUT2D eigenvalue weighted by Gasteiger charge is 2.21. The molecule has 2 amide bonds. The Hall–Kier alpha value is -2.17. The minimum Gasteiger partial charge on any atom is -0.352 e. The van der Waals surface area contributed by atoms with Crippen molar-refractivity contribution in [3.05, 3.63) is 35.4 Å². The molecule has 0 aliphatic heterocycles. The molecule has 1 aromatic rings. The summed E-state index contributed by atoms with van der Waals surface area (Å²) in [5.41, 5.74) is 0.926. The Morgan fingerprint density at radius 1 is 1.00 bits per heavy atom. The van der Waals surface area contributed by atoms with Gasteiger partial charge in [-0.15, -0.1) is 0 Å². The van der Waals surface area contributed by atoms with Crippen molar-refractivity contribution < 1.29 is 14.4 Å². The first-order valence-corrected chi connectivity index (χ1v) is 7.06. The average Bonchev–Trinajstić information content (AvgIpc) is 2.44. The van der Waals surface area contributed by atoms with E-state index in [2.05, 4.69) is 10.6 Å². The van der Waals surface area contributed by atoms with Gasteiger partial charge in [0.25, 0.3) is 11.8 Å². The summed E-state index contributed by atoms with van der Waals surface area (Å²) >= 11 is 0. The number of hydrogen-bond donors (Lipinski definition) is 2. The van der Waals surface area contributed by atoms with E-state index in [4.69, 9.17) is 0 Å². The topological polar surface area (TPSA) is 75.3 Å². The third-order valence-corrected chi connectivity index (χ3v) is 3.14. The summed E-state index contributed by atoms with van der Waals surface area (Å²) in [7, 11) is 0. The van der Waals surface area contributed by atoms with Gasteiger partial charge in [-0.3, -0.25) is 14.4 Å². The average molecular weight is 290 g/mol. The van der Waals surface area contributed by atoms with Gasteiger partial charge in [-0.2, -0.15) is 0 Å². The van der Waals surface area contributed by atoms with Crippen molar-refractivity contribution in [2.75, 3.05) is 6.54 Å². The number of nitrogens with one attached hydrogen (secondary N) is 2. The lowest BCUT2D eigenvalue weighted by atomic mass is 10.00. The Morgan fingerprint density at radius 2 is 1.48 bits per heavy atom. The molecule has 1 rings (SSSR count). The molecular formula is C16H22N2O3. The first-order chi connectivity index (χ1) is 9.86. The van der Waals surface area contributed by atoms with Crippen LogP contribution in [0.3, 0.4) is 0 Å². The quantitative estimate of drug-likeness (QED) is 0.838. The molecule has 0 aliphatic rings. The van der Waals surface area contributed by atoms with Gasteiger partial charge >= 0.3 is 0 Å². The molecule has 1 atom stereocenters. The molecule has 21 heavy (non-hydrogen) atoms. The summed E-state index contributed by atoms with van der Waals surface area (Å²) in [6.45, 7) is 7.61. The van der Waals surface area contributed by atoms with E-state index in [1.54, 1.807) is 24.3 Å². The highest BCUT2D eigenvalue weighted by Crippen LogP contribution is 2.08. The van der Waals surface area contributed by atoms with Crippen LogP contribution >= 0.6 is 0 Å². The molecule has 2 N–H and O–H groups in total. The van der Waals surface area contributed by atoms with Crippen LogP contribution in [0.25, 0.3) is 0 Å². The Bertz CT molecular complexity index is 521. The van der Waals surface area contributed by atoms with Crippen molar-refractivity contribution >= 4 is 17.6 Å². The van der Waals surface area contributed by atoms with Crippen LogP contribution in [0.2, 0.25) is 0 Å². The Balaban J connectivity index is 2.79. The lowest BCUT2D eigenvalue weighted by Crippen LogP contribution is -2.43. The minimum absolute atomic E-state index is 0.0288. The van der Waals surface area contributed by atoms with E-state index in [9.17, 15) is 14.4 Å². The zero-order chi connectivity index (χ0) is 16.0. The van der Waals surface area contributed by atoms with Crippen molar-refractivity contribution in [2.45, 2.75) is 33.7 Å². The normalized spacial score (nSPS) is 11.9. The van der Waals surface area contributed by atoms with E-state index >= 15 is 0 Å². The van der Waals surface area contributed by atoms with E-state index < -0.39 is 6.04 Å². The second-order valence-corrected chi connectivity index (χ2v) is 5.24. The van der Waals surface area contributed by atoms with Crippen LogP contribution in [0.1, 0.15) is 48.4 Å². The second-order valence-electron chi connectivity index (χ2n) is 5.24. The first kappa shape index (κ1) is 16.9. The number of carbonyl (C=O) groups excluding carboxylic acids is 3. The minimum atomic E-state index is -0.499. The number of benzene rings is 1. The number of amides is 2. The van der Waals surface area contributed by atoms with Crippen LogP contribution in [-0.4, -0.2) is 30.2 Å². The molecule has 1 aromatic carbocycles. The van der Waals surface area contributed by atoms with E-state index in [1.807, 2.05) is 20.8 Å². The summed E-state index contributed by atoms with van der Waals surface area (Å²) < 4.78 is 0. The van der Waals surface area contributed by atoms with Gasteiger partial charge in [-0.05, 0) is 44.0 Å². The van der Waals surface area contributed by atoms with Gasteiger partial charge in [0, 0.05) is 17.7 Å². The summed E-state index contributed by atoms with van der Waals surface area (Å²) in [6, 6.07) is 5.85. The van der Waals surface area contributed by atoms with Gasteiger partial charge in [0.2, 0.25) is 0 Å². The SMILES string of the molecule is CCNC(=O)c1ccc(C(=O)NC(C(C)=O)C(C)C)cc1. The van der Waals surface area contributed by atoms with Crippen molar-refractivity contribution in [1.29, 1.82) is 0 Å². The van der Waals surface area contributed by atoms with E-state index in [0.717, 1.165) is 0 Å². The summed E-state index contributed by atoms with van der Waals surface area (Å²) in [5, 5.41) is 5.41. The fourth-order valence-electron chi connectivity index (χ4n) is 2.00. The van der Waals surface area contributed by atoms with Crippen molar-refractivity contribution in [1.82, 2.24) is 10.6 Å². The predicted octanol–water partition coefficient (Wildman–Crippen LogP) is 1.78. The molecule has 114 valence electrons. The largest absolute Gasteiger partial charge is 0.352 e. The van der Waals surface area contributed by atoms with Crippen LogP contribution in [0.5, 0.6) is 0 Å². The van der Waals surface area contributed by atoms with Crippen LogP contribution in [-0.2, 0) is 4.79 Å². The van der Waals surface area contributed by atoms with Crippen molar-refractivity contribution in [2.24, 2.45) is 5.92 Å². The van der Waals surface area contributed by atoms with Gasteiger partial charge < -0.3 is 10.6 Å². The Morgan fingerprint density at radius 3 is 1.86 bits per heavy atom. The lowest BCUT2D eigenvalue weighted by Gasteiger charge is -2.19. The van der Waals surface area contributed by atoms with Crippen LogP contribution < -0.4 is 10.6 Å². The number of carbonyl (C=O) groups is 3. The number of rotatable bonds is 6. The molecule has 0 fully saturated rings. The highest BCUT2D eigenvalue weighted by molar-refractivity contribution is 5.99. The molecule has 0 bridgehead atoms. The molecule has 1 unspecified atom stereocenters. The molecule has 0 spiro atoms. The predicted molar refractivity (Wildman–Crippen MR) is 81.2 cm³/mol. The van der Waals surface area contributed by atoms with Crippen LogP contribution in [0, 0.1) is 5.92 Å². The third kappa shape index (κ3) is 4.70. The highest BCUT2D eigenvalue weighted by atomic mass is 16.2. The maximum absolute atomic E-state index is 12.1. The molecule has 0 aromatic heterocycles. The monoisotopic (exact) mass is 290 g/mol. The fourth-order valence-corrected chi connectivity index (χ4v) is 2.00. The molecule has 5 nitrogen and oxygen atoms in total. The zero-order valence-corrected chi connectivity index (χ0v) is 12.9. The summed E-state index contributed by atoms with van der Waals surface area (Å²) in [6.07, 6.45) is 0. The molecular weight excluding hydrogens is 268 g/mol. The first-order valence-electron chi connectivity index (χ1n) is 7.06. The molecule has 0 saturated heterocycles. The summed E-state index contributed by atoms with van der Waals surface area (Å²) in [4.78, 5) is 35.2. The van der Waals surface area contributed by atoms with Crippen molar-refractivity contribution in [3.8, 4) is 0 Å². The lowest BCUT2D eigenvalue weighted by molar-refractivity contribution is -0.119. The molecule has 0 heterocycles. The van der Waals surface area contributed by atoms with E-state index in [0.29, 0.717) is 17.7 Å². The van der Waals surface area contributed by atoms with Crippen molar-refractivity contribution in [3.63, 3.8) is 0 Å². The van der Waals surface area contributed by atoms with Crippen LogP contribution in [0.4, 0.5) is 0 Å². The van der Waals surface area contributed by atoms with Crippen LogP contribution in [0.15, 0.2) is 24.3 Å². The third-order valence-electron chi connectivity index (χ3n) is 3.14. The van der Waals surface area contributed by atoms with Gasteiger partial charge in [-0.25, -0.2) is 0 Å². The number of Topliss-reactive ketones (excluding diaryl/α,β-unsaturated/α-hetero) is 1. The number of ketones is 1.